The van der Waals surface area contributed by atoms with Gasteiger partial charge in [-0.2, -0.15) is 13.2 Å². The zero-order valence-electron chi connectivity index (χ0n) is 17.2. The lowest BCUT2D eigenvalue weighted by Gasteiger charge is -2.13. The van der Waals surface area contributed by atoms with Crippen molar-refractivity contribution in [3.63, 3.8) is 0 Å². The molecule has 0 aliphatic heterocycles. The number of alkyl halides is 3. The van der Waals surface area contributed by atoms with E-state index in [9.17, 15) is 18.0 Å². The molecule has 3 aromatic rings. The second-order valence-electron chi connectivity index (χ2n) is 6.63. The molecule has 170 valence electrons. The van der Waals surface area contributed by atoms with E-state index in [2.05, 4.69) is 20.9 Å². The number of thiazole rings is 1. The fourth-order valence-corrected chi connectivity index (χ4v) is 3.87. The summed E-state index contributed by atoms with van der Waals surface area (Å²) in [5.74, 6) is 0.643. The summed E-state index contributed by atoms with van der Waals surface area (Å²) >= 11 is 4.78. The highest BCUT2D eigenvalue weighted by atomic mass is 79.9. The number of carbonyl (C=O) groups excluding carboxylic acids is 1. The van der Waals surface area contributed by atoms with Gasteiger partial charge in [-0.25, -0.2) is 9.78 Å². The summed E-state index contributed by atoms with van der Waals surface area (Å²) in [6.07, 6.45) is -4.37. The molecule has 2 aromatic carbocycles. The number of benzene rings is 2. The highest BCUT2D eigenvalue weighted by Crippen LogP contribution is 2.34. The van der Waals surface area contributed by atoms with E-state index in [1.807, 2.05) is 6.92 Å². The summed E-state index contributed by atoms with van der Waals surface area (Å²) < 4.78 is 55.0. The van der Waals surface area contributed by atoms with Gasteiger partial charge in [0.15, 0.2) is 6.61 Å². The maximum Gasteiger partial charge on any atom is 0.416 e. The van der Waals surface area contributed by atoms with Crippen molar-refractivity contribution in [1.29, 1.82) is 0 Å². The van der Waals surface area contributed by atoms with Gasteiger partial charge in [0.25, 0.3) is 0 Å². The normalized spacial score (nSPS) is 11.3. The summed E-state index contributed by atoms with van der Waals surface area (Å²) in [5.41, 5.74) is 1.26. The Morgan fingerprint density at radius 3 is 2.50 bits per heavy atom. The molecule has 0 aliphatic carbocycles. The lowest BCUT2D eigenvalue weighted by atomic mass is 10.1. The third kappa shape index (κ3) is 6.23. The molecule has 0 spiro atoms. The maximum absolute atomic E-state index is 12.7. The molecule has 5 nitrogen and oxygen atoms in total. The standard InChI is InChI=1S/C22H19BrF3NO4S/c1-3-29-21(28)11-31-18-9-16(23)19(8-13(18)2)30-10-20-27-17(12-32-20)14-4-6-15(7-5-14)22(24,25)26/h4-9,12H,3,10-11H2,1-2H3. The molecule has 0 saturated heterocycles. The van der Waals surface area contributed by atoms with Crippen LogP contribution in [-0.4, -0.2) is 24.2 Å². The number of hydrogen-bond acceptors (Lipinski definition) is 6. The summed E-state index contributed by atoms with van der Waals surface area (Å²) in [4.78, 5) is 15.9. The smallest absolute Gasteiger partial charge is 0.416 e. The first-order valence-electron chi connectivity index (χ1n) is 9.50. The number of rotatable bonds is 8. The number of carbonyl (C=O) groups is 1. The molecule has 0 N–H and O–H groups in total. The zero-order valence-corrected chi connectivity index (χ0v) is 19.6. The predicted octanol–water partition coefficient (Wildman–Crippen LogP) is 6.42. The third-order valence-electron chi connectivity index (χ3n) is 4.29. The van der Waals surface area contributed by atoms with Gasteiger partial charge in [-0.1, -0.05) is 12.1 Å². The fourth-order valence-electron chi connectivity index (χ4n) is 2.72. The second-order valence-corrected chi connectivity index (χ2v) is 8.43. The number of hydrogen-bond donors (Lipinski definition) is 0. The van der Waals surface area contributed by atoms with Gasteiger partial charge in [0.1, 0.15) is 23.1 Å². The first-order chi connectivity index (χ1) is 15.2. The Morgan fingerprint density at radius 2 is 1.84 bits per heavy atom. The van der Waals surface area contributed by atoms with Crippen molar-refractivity contribution in [3.8, 4) is 22.8 Å². The topological polar surface area (TPSA) is 57.7 Å². The van der Waals surface area contributed by atoms with Gasteiger partial charge in [0.05, 0.1) is 22.3 Å². The van der Waals surface area contributed by atoms with E-state index >= 15 is 0 Å². The molecule has 0 fully saturated rings. The van der Waals surface area contributed by atoms with Crippen molar-refractivity contribution in [1.82, 2.24) is 4.98 Å². The van der Waals surface area contributed by atoms with Crippen LogP contribution in [0.4, 0.5) is 13.2 Å². The average molecular weight is 530 g/mol. The largest absolute Gasteiger partial charge is 0.485 e. The van der Waals surface area contributed by atoms with E-state index in [1.54, 1.807) is 24.4 Å². The first-order valence-corrected chi connectivity index (χ1v) is 11.2. The highest BCUT2D eigenvalue weighted by Gasteiger charge is 2.30. The number of nitrogens with zero attached hydrogens (tertiary/aromatic N) is 1. The molecule has 0 radical (unpaired) electrons. The lowest BCUT2D eigenvalue weighted by molar-refractivity contribution is -0.145. The van der Waals surface area contributed by atoms with Crippen molar-refractivity contribution in [2.45, 2.75) is 26.6 Å². The molecule has 32 heavy (non-hydrogen) atoms. The van der Waals surface area contributed by atoms with Crippen LogP contribution >= 0.6 is 27.3 Å². The highest BCUT2D eigenvalue weighted by molar-refractivity contribution is 9.10. The van der Waals surface area contributed by atoms with Crippen LogP contribution in [0.5, 0.6) is 11.5 Å². The van der Waals surface area contributed by atoms with Crippen LogP contribution in [0.25, 0.3) is 11.3 Å². The quantitative estimate of drug-likeness (QED) is 0.315. The number of aryl methyl sites for hydroxylation is 1. The molecule has 0 amide bonds. The Kier molecular flexibility index (Phi) is 7.78. The van der Waals surface area contributed by atoms with E-state index in [-0.39, 0.29) is 19.8 Å². The van der Waals surface area contributed by atoms with Crippen LogP contribution in [0.15, 0.2) is 46.3 Å². The minimum atomic E-state index is -4.37. The summed E-state index contributed by atoms with van der Waals surface area (Å²) in [5, 5.41) is 2.44. The molecule has 0 bridgehead atoms. The van der Waals surface area contributed by atoms with Gasteiger partial charge in [0, 0.05) is 10.9 Å². The van der Waals surface area contributed by atoms with Crippen LogP contribution in [0.3, 0.4) is 0 Å². The minimum absolute atomic E-state index is 0.187. The van der Waals surface area contributed by atoms with Crippen LogP contribution < -0.4 is 9.47 Å². The van der Waals surface area contributed by atoms with Crippen molar-refractivity contribution >= 4 is 33.2 Å². The van der Waals surface area contributed by atoms with Crippen LogP contribution in [0.2, 0.25) is 0 Å². The van der Waals surface area contributed by atoms with Gasteiger partial charge >= 0.3 is 12.1 Å². The minimum Gasteiger partial charge on any atom is -0.485 e. The van der Waals surface area contributed by atoms with Crippen LogP contribution in [0, 0.1) is 6.92 Å². The summed E-state index contributed by atoms with van der Waals surface area (Å²) in [7, 11) is 0. The molecule has 3 rings (SSSR count). The molecule has 1 heterocycles. The third-order valence-corrected chi connectivity index (χ3v) is 5.73. The molecule has 0 atom stereocenters. The number of esters is 1. The number of ether oxygens (including phenoxy) is 3. The Hall–Kier alpha value is -2.59. The van der Waals surface area contributed by atoms with Crippen LogP contribution in [0.1, 0.15) is 23.1 Å². The molecular formula is C22H19BrF3NO4S. The Balaban J connectivity index is 1.63. The summed E-state index contributed by atoms with van der Waals surface area (Å²) in [6, 6.07) is 8.36. The van der Waals surface area contributed by atoms with E-state index in [0.717, 1.165) is 17.7 Å². The van der Waals surface area contributed by atoms with Crippen molar-refractivity contribution in [3.05, 3.63) is 62.4 Å². The van der Waals surface area contributed by atoms with E-state index < -0.39 is 17.7 Å². The summed E-state index contributed by atoms with van der Waals surface area (Å²) in [6.45, 7) is 3.83. The van der Waals surface area contributed by atoms with E-state index in [1.165, 1.54) is 23.5 Å². The van der Waals surface area contributed by atoms with E-state index in [4.69, 9.17) is 14.2 Å². The Bertz CT molecular complexity index is 1080. The van der Waals surface area contributed by atoms with Crippen molar-refractivity contribution in [2.24, 2.45) is 0 Å². The number of halogens is 4. The van der Waals surface area contributed by atoms with Gasteiger partial charge < -0.3 is 14.2 Å². The Labute approximate surface area is 195 Å². The van der Waals surface area contributed by atoms with Crippen molar-refractivity contribution < 1.29 is 32.2 Å². The molecule has 10 heteroatoms. The zero-order chi connectivity index (χ0) is 23.3. The monoisotopic (exact) mass is 529 g/mol. The van der Waals surface area contributed by atoms with Crippen molar-refractivity contribution in [2.75, 3.05) is 13.2 Å². The van der Waals surface area contributed by atoms with Gasteiger partial charge in [-0.05, 0) is 59.6 Å². The van der Waals surface area contributed by atoms with Gasteiger partial charge in [-0.3, -0.25) is 0 Å². The maximum atomic E-state index is 12.7. The predicted molar refractivity (Wildman–Crippen MR) is 118 cm³/mol. The second kappa shape index (κ2) is 10.4. The van der Waals surface area contributed by atoms with Crippen LogP contribution in [-0.2, 0) is 22.3 Å². The fraction of sp³-hybridized carbons (Fsp3) is 0.273. The first kappa shape index (κ1) is 24.1. The molecule has 0 saturated carbocycles. The lowest BCUT2D eigenvalue weighted by Crippen LogP contribution is -2.15. The molecule has 0 aliphatic rings. The Morgan fingerprint density at radius 1 is 1.12 bits per heavy atom. The average Bonchev–Trinajstić information content (AvgIpc) is 3.22. The van der Waals surface area contributed by atoms with Gasteiger partial charge in [-0.15, -0.1) is 11.3 Å². The molecular weight excluding hydrogens is 511 g/mol. The number of aromatic nitrogens is 1. The molecule has 1 aromatic heterocycles. The molecule has 0 unspecified atom stereocenters. The SMILES string of the molecule is CCOC(=O)COc1cc(Br)c(OCc2nc(-c3ccc(C(F)(F)F)cc3)cs2)cc1C. The van der Waals surface area contributed by atoms with Gasteiger partial charge in [0.2, 0.25) is 0 Å². The van der Waals surface area contributed by atoms with E-state index in [0.29, 0.717) is 32.2 Å².